The van der Waals surface area contributed by atoms with E-state index in [2.05, 4.69) is 63.2 Å². The molecule has 0 saturated heterocycles. The fraction of sp³-hybridized carbons (Fsp3) is 0.366. The molecule has 0 saturated carbocycles. The number of aryl methyl sites for hydroxylation is 3. The smallest absolute Gasteiger partial charge is 0.132 e. The number of rotatable bonds is 14. The van der Waals surface area contributed by atoms with E-state index in [1.807, 2.05) is 30.3 Å². The van der Waals surface area contributed by atoms with Gasteiger partial charge in [-0.1, -0.05) is 126 Å². The van der Waals surface area contributed by atoms with E-state index in [1.165, 1.54) is 67.2 Å². The van der Waals surface area contributed by atoms with Gasteiger partial charge >= 0.3 is 0 Å². The average Bonchev–Trinajstić information content (AvgIpc) is 3.02. The minimum atomic E-state index is 0.189. The van der Waals surface area contributed by atoms with Crippen LogP contribution in [0.3, 0.4) is 0 Å². The number of phenolic OH excluding ortho intramolecular Hbond substituents is 2. The summed E-state index contributed by atoms with van der Waals surface area (Å²) in [5, 5.41) is 27.7. The fourth-order valence-electron chi connectivity index (χ4n) is 6.74. The van der Waals surface area contributed by atoms with Crippen molar-refractivity contribution in [2.45, 2.75) is 97.8 Å². The van der Waals surface area contributed by atoms with Gasteiger partial charge in [-0.3, -0.25) is 0 Å². The molecule has 0 aromatic heterocycles. The van der Waals surface area contributed by atoms with Crippen LogP contribution >= 0.6 is 0 Å². The van der Waals surface area contributed by atoms with Crippen LogP contribution in [-0.4, -0.2) is 10.2 Å². The van der Waals surface area contributed by atoms with Gasteiger partial charge in [0.1, 0.15) is 11.5 Å². The van der Waals surface area contributed by atoms with Crippen molar-refractivity contribution < 1.29 is 10.2 Å². The molecule has 0 atom stereocenters. The molecule has 0 bridgehead atoms. The van der Waals surface area contributed by atoms with Gasteiger partial charge in [-0.05, 0) is 94.5 Å². The molecule has 224 valence electrons. The summed E-state index contributed by atoms with van der Waals surface area (Å²) in [6.07, 6.45) is 13.8. The van der Waals surface area contributed by atoms with Gasteiger partial charge in [-0.15, -0.1) is 0 Å². The van der Waals surface area contributed by atoms with E-state index in [0.717, 1.165) is 59.2 Å². The Balaban J connectivity index is 1.80. The minimum Gasteiger partial charge on any atom is -0.507 e. The lowest BCUT2D eigenvalue weighted by Crippen LogP contribution is -2.02. The summed E-state index contributed by atoms with van der Waals surface area (Å²) in [4.78, 5) is 0. The molecule has 0 spiro atoms. The summed E-state index contributed by atoms with van der Waals surface area (Å²) in [7, 11) is 0. The van der Waals surface area contributed by atoms with E-state index in [4.69, 9.17) is 0 Å². The fourth-order valence-corrected chi connectivity index (χ4v) is 6.74. The molecule has 5 rings (SSSR count). The monoisotopic (exact) mass is 572 g/mol. The summed E-state index contributed by atoms with van der Waals surface area (Å²) in [6.45, 7) is 6.79. The molecule has 0 heterocycles. The molecule has 5 aromatic carbocycles. The lowest BCUT2D eigenvalue weighted by atomic mass is 9.83. The van der Waals surface area contributed by atoms with Gasteiger partial charge in [0.25, 0.3) is 0 Å². The second-order valence-corrected chi connectivity index (χ2v) is 12.2. The summed E-state index contributed by atoms with van der Waals surface area (Å²) < 4.78 is 0. The minimum absolute atomic E-state index is 0.189. The quantitative estimate of drug-likeness (QED) is 0.130. The Morgan fingerprint density at radius 1 is 0.488 bits per heavy atom. The third kappa shape index (κ3) is 6.74. The van der Waals surface area contributed by atoms with Crippen LogP contribution in [-0.2, 0) is 19.3 Å². The predicted octanol–water partition coefficient (Wildman–Crippen LogP) is 11.9. The second-order valence-electron chi connectivity index (χ2n) is 12.2. The molecule has 0 amide bonds. The van der Waals surface area contributed by atoms with Crippen LogP contribution in [0.25, 0.3) is 43.8 Å². The summed E-state index contributed by atoms with van der Waals surface area (Å²) in [5.74, 6) is 0.450. The maximum atomic E-state index is 12.4. The van der Waals surface area contributed by atoms with E-state index in [-0.39, 0.29) is 11.5 Å². The van der Waals surface area contributed by atoms with Gasteiger partial charge in [0, 0.05) is 16.7 Å². The first-order valence-electron chi connectivity index (χ1n) is 16.7. The molecule has 0 aliphatic rings. The van der Waals surface area contributed by atoms with E-state index < -0.39 is 0 Å². The summed E-state index contributed by atoms with van der Waals surface area (Å²) in [5.41, 5.74) is 7.65. The molecule has 0 fully saturated rings. The first-order valence-corrected chi connectivity index (χ1v) is 16.7. The Morgan fingerprint density at radius 2 is 1.02 bits per heavy atom. The van der Waals surface area contributed by atoms with Crippen molar-refractivity contribution in [2.24, 2.45) is 0 Å². The largest absolute Gasteiger partial charge is 0.507 e. The lowest BCUT2D eigenvalue weighted by molar-refractivity contribution is 0.471. The molecule has 2 N–H and O–H groups in total. The molecular formula is C41H48O2. The zero-order chi connectivity index (χ0) is 30.2. The standard InChI is InChI=1S/C41H48O2/c1-4-7-10-17-29-26-32(20-11-8-5-2)38(33(27-29)21-12-9-6-3)36-28-31-19-14-16-23-35(31)40(41(36)43)39-34-22-15-13-18-30(34)24-25-37(39)42/h13-16,18-19,22-28,42-43H,4-12,17,20-21H2,1-3H3. The number of benzene rings is 5. The molecule has 0 radical (unpaired) electrons. The van der Waals surface area contributed by atoms with E-state index in [1.54, 1.807) is 6.07 Å². The Morgan fingerprint density at radius 3 is 1.63 bits per heavy atom. The highest BCUT2D eigenvalue weighted by Gasteiger charge is 2.23. The van der Waals surface area contributed by atoms with Gasteiger partial charge in [0.2, 0.25) is 0 Å². The molecule has 2 nitrogen and oxygen atoms in total. The maximum Gasteiger partial charge on any atom is 0.132 e. The van der Waals surface area contributed by atoms with Gasteiger partial charge < -0.3 is 10.2 Å². The first kappa shape index (κ1) is 30.7. The highest BCUT2D eigenvalue weighted by Crippen LogP contribution is 2.50. The van der Waals surface area contributed by atoms with Crippen LogP contribution < -0.4 is 0 Å². The van der Waals surface area contributed by atoms with Crippen LogP contribution in [0.15, 0.2) is 78.9 Å². The van der Waals surface area contributed by atoms with E-state index in [9.17, 15) is 10.2 Å². The zero-order valence-corrected chi connectivity index (χ0v) is 26.4. The van der Waals surface area contributed by atoms with Crippen molar-refractivity contribution in [3.63, 3.8) is 0 Å². The second kappa shape index (κ2) is 14.6. The van der Waals surface area contributed by atoms with Crippen molar-refractivity contribution in [3.8, 4) is 33.8 Å². The van der Waals surface area contributed by atoms with Gasteiger partial charge in [0.05, 0.1) is 0 Å². The number of fused-ring (bicyclic) bond motifs is 2. The van der Waals surface area contributed by atoms with Crippen molar-refractivity contribution >= 4 is 21.5 Å². The molecule has 43 heavy (non-hydrogen) atoms. The van der Waals surface area contributed by atoms with E-state index >= 15 is 0 Å². The number of hydrogen-bond donors (Lipinski definition) is 2. The normalized spacial score (nSPS) is 11.5. The Bertz CT molecular complexity index is 1650. The number of aromatic hydroxyl groups is 2. The molecule has 0 unspecified atom stereocenters. The third-order valence-corrected chi connectivity index (χ3v) is 8.98. The maximum absolute atomic E-state index is 12.4. The van der Waals surface area contributed by atoms with Gasteiger partial charge in [-0.25, -0.2) is 0 Å². The van der Waals surface area contributed by atoms with Crippen LogP contribution in [0.2, 0.25) is 0 Å². The molecule has 2 heteroatoms. The summed E-state index contributed by atoms with van der Waals surface area (Å²) >= 11 is 0. The first-order chi connectivity index (χ1) is 21.1. The topological polar surface area (TPSA) is 40.5 Å². The van der Waals surface area contributed by atoms with Gasteiger partial charge in [-0.2, -0.15) is 0 Å². The van der Waals surface area contributed by atoms with Crippen LogP contribution in [0.1, 0.15) is 95.2 Å². The predicted molar refractivity (Wildman–Crippen MR) is 185 cm³/mol. The van der Waals surface area contributed by atoms with Crippen molar-refractivity contribution in [3.05, 3.63) is 95.6 Å². The highest BCUT2D eigenvalue weighted by atomic mass is 16.3. The van der Waals surface area contributed by atoms with Crippen LogP contribution in [0.4, 0.5) is 0 Å². The molecule has 5 aromatic rings. The number of hydrogen-bond acceptors (Lipinski definition) is 2. The zero-order valence-electron chi connectivity index (χ0n) is 26.4. The SMILES string of the molecule is CCCCCc1cc(CCCCC)c(-c2cc3ccccc3c(-c3c(O)ccc4ccccc34)c2O)c(CCCCC)c1. The summed E-state index contributed by atoms with van der Waals surface area (Å²) in [6, 6.07) is 27.2. The van der Waals surface area contributed by atoms with Crippen LogP contribution in [0.5, 0.6) is 11.5 Å². The van der Waals surface area contributed by atoms with Crippen molar-refractivity contribution in [1.29, 1.82) is 0 Å². The molecule has 0 aliphatic heterocycles. The lowest BCUT2D eigenvalue weighted by Gasteiger charge is -2.22. The van der Waals surface area contributed by atoms with Crippen molar-refractivity contribution in [2.75, 3.05) is 0 Å². The van der Waals surface area contributed by atoms with E-state index in [0.29, 0.717) is 11.1 Å². The average molecular weight is 573 g/mol. The Labute approximate surface area is 258 Å². The molecular weight excluding hydrogens is 524 g/mol. The van der Waals surface area contributed by atoms with Gasteiger partial charge in [0.15, 0.2) is 0 Å². The Hall–Kier alpha value is -3.78. The number of unbranched alkanes of at least 4 members (excludes halogenated alkanes) is 6. The third-order valence-electron chi connectivity index (χ3n) is 8.98. The van der Waals surface area contributed by atoms with Crippen LogP contribution in [0, 0.1) is 0 Å². The number of phenols is 2. The van der Waals surface area contributed by atoms with Crippen molar-refractivity contribution in [1.82, 2.24) is 0 Å². The highest BCUT2D eigenvalue weighted by molar-refractivity contribution is 6.12. The Kier molecular flexibility index (Phi) is 10.4. The molecule has 0 aliphatic carbocycles.